The van der Waals surface area contributed by atoms with Crippen LogP contribution in [0.5, 0.6) is 0 Å². The number of hydrogen-bond acceptors (Lipinski definition) is 7. The van der Waals surface area contributed by atoms with E-state index in [9.17, 15) is 24.3 Å². The lowest BCUT2D eigenvalue weighted by Crippen LogP contribution is -2.57. The van der Waals surface area contributed by atoms with Crippen molar-refractivity contribution >= 4 is 47.2 Å². The normalized spacial score (nSPS) is 19.3. The number of amides is 3. The lowest BCUT2D eigenvalue weighted by molar-refractivity contribution is -0.149. The van der Waals surface area contributed by atoms with Gasteiger partial charge in [-0.05, 0) is 56.6 Å². The van der Waals surface area contributed by atoms with Crippen molar-refractivity contribution in [3.05, 3.63) is 0 Å². The SMILES string of the molecule is CSCCC(NC(=O)C(C)N)C(=O)NC(CCSC)C(=O)N1CCCC1C(=O)O. The van der Waals surface area contributed by atoms with Crippen molar-refractivity contribution in [2.75, 3.05) is 30.6 Å². The summed E-state index contributed by atoms with van der Waals surface area (Å²) < 4.78 is 0. The van der Waals surface area contributed by atoms with Crippen LogP contribution in [0.25, 0.3) is 0 Å². The molecule has 11 heteroatoms. The molecule has 0 aromatic rings. The highest BCUT2D eigenvalue weighted by atomic mass is 32.2. The molecule has 4 unspecified atom stereocenters. The molecule has 5 N–H and O–H groups in total. The molecule has 3 amide bonds. The van der Waals surface area contributed by atoms with Gasteiger partial charge in [0.15, 0.2) is 0 Å². The minimum absolute atomic E-state index is 0.360. The summed E-state index contributed by atoms with van der Waals surface area (Å²) in [6.07, 6.45) is 5.59. The summed E-state index contributed by atoms with van der Waals surface area (Å²) in [5.74, 6) is -1.05. The van der Waals surface area contributed by atoms with E-state index in [-0.39, 0.29) is 5.91 Å². The lowest BCUT2D eigenvalue weighted by Gasteiger charge is -2.28. The molecule has 0 bridgehead atoms. The van der Waals surface area contributed by atoms with Gasteiger partial charge in [0.25, 0.3) is 0 Å². The van der Waals surface area contributed by atoms with Crippen LogP contribution in [0.2, 0.25) is 0 Å². The summed E-state index contributed by atoms with van der Waals surface area (Å²) in [4.78, 5) is 50.6. The van der Waals surface area contributed by atoms with Crippen LogP contribution in [0.3, 0.4) is 0 Å². The fourth-order valence-corrected chi connectivity index (χ4v) is 4.00. The number of carbonyl (C=O) groups excluding carboxylic acids is 3. The number of nitrogens with one attached hydrogen (secondary N) is 2. The number of thioether (sulfide) groups is 2. The zero-order valence-corrected chi connectivity index (χ0v) is 18.8. The Morgan fingerprint density at radius 3 is 2.14 bits per heavy atom. The average Bonchev–Trinajstić information content (AvgIpc) is 3.17. The van der Waals surface area contributed by atoms with Gasteiger partial charge in [-0.3, -0.25) is 14.4 Å². The van der Waals surface area contributed by atoms with E-state index in [0.717, 1.165) is 0 Å². The number of carboxylic acid groups (broad SMARTS) is 1. The second kappa shape index (κ2) is 13.0. The zero-order chi connectivity index (χ0) is 22.0. The highest BCUT2D eigenvalue weighted by molar-refractivity contribution is 7.98. The Labute approximate surface area is 180 Å². The summed E-state index contributed by atoms with van der Waals surface area (Å²) >= 11 is 3.07. The average molecular weight is 449 g/mol. The Kier molecular flexibility index (Phi) is 11.4. The van der Waals surface area contributed by atoms with E-state index in [2.05, 4.69) is 10.6 Å². The van der Waals surface area contributed by atoms with Gasteiger partial charge in [0.05, 0.1) is 6.04 Å². The first-order valence-corrected chi connectivity index (χ1v) is 12.4. The van der Waals surface area contributed by atoms with Gasteiger partial charge in [0.2, 0.25) is 17.7 Å². The Hall–Kier alpha value is -1.46. The first-order valence-electron chi connectivity index (χ1n) is 9.60. The molecule has 0 aromatic heterocycles. The van der Waals surface area contributed by atoms with Gasteiger partial charge < -0.3 is 26.4 Å². The van der Waals surface area contributed by atoms with Crippen LogP contribution in [0.15, 0.2) is 0 Å². The van der Waals surface area contributed by atoms with Crippen molar-refractivity contribution in [2.45, 2.75) is 56.8 Å². The number of carboxylic acids is 1. The molecular weight excluding hydrogens is 416 g/mol. The van der Waals surface area contributed by atoms with E-state index in [1.165, 1.54) is 35.3 Å². The van der Waals surface area contributed by atoms with E-state index in [4.69, 9.17) is 5.73 Å². The molecule has 0 saturated carbocycles. The maximum Gasteiger partial charge on any atom is 0.326 e. The third-order valence-corrected chi connectivity index (χ3v) is 5.99. The Bertz CT molecular complexity index is 591. The summed E-state index contributed by atoms with van der Waals surface area (Å²) in [7, 11) is 0. The van der Waals surface area contributed by atoms with Crippen LogP contribution in [-0.4, -0.2) is 88.4 Å². The predicted molar refractivity (Wildman–Crippen MR) is 116 cm³/mol. The van der Waals surface area contributed by atoms with Crippen LogP contribution in [0.4, 0.5) is 0 Å². The van der Waals surface area contributed by atoms with E-state index in [1.807, 2.05) is 12.5 Å². The van der Waals surface area contributed by atoms with Crippen LogP contribution >= 0.6 is 23.5 Å². The van der Waals surface area contributed by atoms with E-state index >= 15 is 0 Å². The van der Waals surface area contributed by atoms with Gasteiger partial charge in [0, 0.05) is 6.54 Å². The summed E-state index contributed by atoms with van der Waals surface area (Å²) in [6, 6.07) is -3.26. The highest BCUT2D eigenvalue weighted by Crippen LogP contribution is 2.20. The standard InChI is InChI=1S/C18H32N4O5S2/c1-11(19)15(23)20-12(6-9-28-2)16(24)21-13(7-10-29-3)17(25)22-8-4-5-14(22)18(26)27/h11-14H,4-10,19H2,1-3H3,(H,20,23)(H,21,24)(H,26,27). The molecule has 1 rings (SSSR count). The van der Waals surface area contributed by atoms with Crippen molar-refractivity contribution in [2.24, 2.45) is 5.73 Å². The quantitative estimate of drug-likeness (QED) is 0.324. The van der Waals surface area contributed by atoms with Gasteiger partial charge >= 0.3 is 5.97 Å². The first kappa shape index (κ1) is 25.6. The van der Waals surface area contributed by atoms with E-state index in [0.29, 0.717) is 43.7 Å². The molecule has 166 valence electrons. The van der Waals surface area contributed by atoms with Gasteiger partial charge in [-0.1, -0.05) is 0 Å². The third-order valence-electron chi connectivity index (χ3n) is 4.70. The van der Waals surface area contributed by atoms with Crippen LogP contribution < -0.4 is 16.4 Å². The monoisotopic (exact) mass is 448 g/mol. The maximum absolute atomic E-state index is 13.0. The van der Waals surface area contributed by atoms with Crippen LogP contribution in [0, 0.1) is 0 Å². The van der Waals surface area contributed by atoms with Gasteiger partial charge in [-0.15, -0.1) is 0 Å². The first-order chi connectivity index (χ1) is 13.7. The molecule has 0 aliphatic carbocycles. The fourth-order valence-electron chi connectivity index (χ4n) is 3.06. The Morgan fingerprint density at radius 1 is 1.07 bits per heavy atom. The number of nitrogens with zero attached hydrogens (tertiary/aromatic N) is 1. The summed E-state index contributed by atoms with van der Waals surface area (Å²) in [6.45, 7) is 1.89. The van der Waals surface area contributed by atoms with Gasteiger partial charge in [-0.25, -0.2) is 4.79 Å². The molecule has 1 saturated heterocycles. The lowest BCUT2D eigenvalue weighted by atomic mass is 10.1. The number of rotatable bonds is 12. The molecule has 0 radical (unpaired) electrons. The number of aliphatic carboxylic acids is 1. The summed E-state index contributed by atoms with van der Waals surface area (Å²) in [5, 5.41) is 14.7. The molecule has 1 heterocycles. The number of carbonyl (C=O) groups is 4. The molecule has 1 fully saturated rings. The van der Waals surface area contributed by atoms with Crippen molar-refractivity contribution < 1.29 is 24.3 Å². The topological polar surface area (TPSA) is 142 Å². The second-order valence-corrected chi connectivity index (χ2v) is 8.97. The molecule has 0 spiro atoms. The minimum Gasteiger partial charge on any atom is -0.480 e. The predicted octanol–water partition coefficient (Wildman–Crippen LogP) is -0.115. The van der Waals surface area contributed by atoms with E-state index in [1.54, 1.807) is 0 Å². The van der Waals surface area contributed by atoms with Crippen molar-refractivity contribution in [1.29, 1.82) is 0 Å². The number of likely N-dealkylation sites (tertiary alicyclic amines) is 1. The smallest absolute Gasteiger partial charge is 0.326 e. The molecule has 9 nitrogen and oxygen atoms in total. The molecule has 1 aliphatic heterocycles. The van der Waals surface area contributed by atoms with Crippen molar-refractivity contribution in [1.82, 2.24) is 15.5 Å². The van der Waals surface area contributed by atoms with Gasteiger partial charge in [-0.2, -0.15) is 23.5 Å². The van der Waals surface area contributed by atoms with Crippen LogP contribution in [-0.2, 0) is 19.2 Å². The molecule has 0 aromatic carbocycles. The van der Waals surface area contributed by atoms with E-state index < -0.39 is 42.0 Å². The van der Waals surface area contributed by atoms with Crippen molar-refractivity contribution in [3.63, 3.8) is 0 Å². The highest BCUT2D eigenvalue weighted by Gasteiger charge is 2.38. The third kappa shape index (κ3) is 8.06. The molecular formula is C18H32N4O5S2. The van der Waals surface area contributed by atoms with Crippen LogP contribution in [0.1, 0.15) is 32.6 Å². The van der Waals surface area contributed by atoms with Gasteiger partial charge in [0.1, 0.15) is 18.1 Å². The number of hydrogen-bond donors (Lipinski definition) is 4. The largest absolute Gasteiger partial charge is 0.480 e. The zero-order valence-electron chi connectivity index (χ0n) is 17.2. The summed E-state index contributed by atoms with van der Waals surface area (Å²) in [5.41, 5.74) is 5.59. The molecule has 4 atom stereocenters. The number of nitrogens with two attached hydrogens (primary N) is 1. The minimum atomic E-state index is -1.03. The maximum atomic E-state index is 13.0. The molecule has 29 heavy (non-hydrogen) atoms. The fraction of sp³-hybridized carbons (Fsp3) is 0.778. The second-order valence-electron chi connectivity index (χ2n) is 7.00. The Morgan fingerprint density at radius 2 is 1.62 bits per heavy atom. The van der Waals surface area contributed by atoms with Crippen molar-refractivity contribution in [3.8, 4) is 0 Å². The Balaban J connectivity index is 2.92. The molecule has 1 aliphatic rings.